The van der Waals surface area contributed by atoms with Crippen LogP contribution in [0.4, 0.5) is 0 Å². The van der Waals surface area contributed by atoms with Gasteiger partial charge in [0.25, 0.3) is 0 Å². The van der Waals surface area contributed by atoms with Gasteiger partial charge in [0.05, 0.1) is 6.10 Å². The summed E-state index contributed by atoms with van der Waals surface area (Å²) >= 11 is 0. The molecular formula is C4H10NO5P. The summed E-state index contributed by atoms with van der Waals surface area (Å²) in [6.07, 6.45) is -0.955. The normalized spacial score (nSPS) is 18.8. The molecule has 11 heavy (non-hydrogen) atoms. The van der Waals surface area contributed by atoms with E-state index in [4.69, 9.17) is 15.7 Å². The summed E-state index contributed by atoms with van der Waals surface area (Å²) in [4.78, 5) is 18.4. The molecule has 66 valence electrons. The Bertz CT molecular complexity index is 172. The molecule has 0 aromatic heterocycles. The highest BCUT2D eigenvalue weighted by Gasteiger charge is 2.21. The Morgan fingerprint density at radius 1 is 1.73 bits per heavy atom. The molecule has 0 amide bonds. The number of hydrogen-bond acceptors (Lipinski definition) is 4. The van der Waals surface area contributed by atoms with Crippen molar-refractivity contribution >= 4 is 14.2 Å². The zero-order valence-electron chi connectivity index (χ0n) is 5.85. The first-order valence-electron chi connectivity index (χ1n) is 2.83. The molecule has 0 spiro atoms. The number of aliphatic carboxylic acids is 1. The van der Waals surface area contributed by atoms with Crippen molar-refractivity contribution in [3.8, 4) is 0 Å². The van der Waals surface area contributed by atoms with Crippen molar-refractivity contribution in [3.63, 3.8) is 0 Å². The van der Waals surface area contributed by atoms with E-state index in [0.29, 0.717) is 0 Å². The maximum atomic E-state index is 10.1. The van der Waals surface area contributed by atoms with Crippen LogP contribution in [0.5, 0.6) is 0 Å². The Morgan fingerprint density at radius 3 is 2.45 bits per heavy atom. The molecule has 1 unspecified atom stereocenters. The van der Waals surface area contributed by atoms with E-state index < -0.39 is 26.4 Å². The number of carbonyl (C=O) groups is 1. The Hall–Kier alpha value is -0.420. The largest absolute Gasteiger partial charge is 0.480 e. The third-order valence-electron chi connectivity index (χ3n) is 1.08. The average Bonchev–Trinajstić information content (AvgIpc) is 1.84. The average molecular weight is 183 g/mol. The van der Waals surface area contributed by atoms with Gasteiger partial charge in [0, 0.05) is 0 Å². The molecule has 0 aliphatic heterocycles. The maximum Gasteiger partial charge on any atom is 0.323 e. The Morgan fingerprint density at radius 2 is 2.18 bits per heavy atom. The van der Waals surface area contributed by atoms with Crippen LogP contribution in [0.15, 0.2) is 0 Å². The first kappa shape index (κ1) is 10.6. The molecule has 0 bridgehead atoms. The zero-order chi connectivity index (χ0) is 9.02. The number of carboxylic acid groups (broad SMARTS) is 1. The fraction of sp³-hybridized carbons (Fsp3) is 0.750. The first-order chi connectivity index (χ1) is 4.95. The van der Waals surface area contributed by atoms with Crippen LogP contribution in [0.1, 0.15) is 6.92 Å². The van der Waals surface area contributed by atoms with Crippen LogP contribution in [-0.4, -0.2) is 28.1 Å². The summed E-state index contributed by atoms with van der Waals surface area (Å²) in [5.74, 6) is -1.26. The van der Waals surface area contributed by atoms with Gasteiger partial charge in [0.1, 0.15) is 6.04 Å². The van der Waals surface area contributed by atoms with Crippen LogP contribution in [0, 0.1) is 0 Å². The second-order valence-corrected chi connectivity index (χ2v) is 2.72. The molecule has 3 atom stereocenters. The molecule has 0 rings (SSSR count). The summed E-state index contributed by atoms with van der Waals surface area (Å²) in [6.45, 7) is 1.32. The minimum Gasteiger partial charge on any atom is -0.480 e. The minimum atomic E-state index is -3.10. The van der Waals surface area contributed by atoms with E-state index in [0.717, 1.165) is 0 Å². The summed E-state index contributed by atoms with van der Waals surface area (Å²) in [6, 6.07) is -1.27. The molecule has 4 N–H and O–H groups in total. The molecule has 0 saturated heterocycles. The summed E-state index contributed by atoms with van der Waals surface area (Å²) in [7, 11) is -3.10. The van der Waals surface area contributed by atoms with Crippen molar-refractivity contribution in [3.05, 3.63) is 0 Å². The Balaban J connectivity index is 3.92. The lowest BCUT2D eigenvalue weighted by Crippen LogP contribution is -2.40. The Labute approximate surface area is 63.9 Å². The van der Waals surface area contributed by atoms with Crippen LogP contribution < -0.4 is 5.73 Å². The van der Waals surface area contributed by atoms with E-state index in [1.807, 2.05) is 0 Å². The second-order valence-electron chi connectivity index (χ2n) is 1.95. The maximum absolute atomic E-state index is 10.1. The van der Waals surface area contributed by atoms with Gasteiger partial charge in [-0.2, -0.15) is 0 Å². The van der Waals surface area contributed by atoms with Gasteiger partial charge in [0.2, 0.25) is 0 Å². The summed E-state index contributed by atoms with van der Waals surface area (Å²) in [5, 5.41) is 8.29. The second kappa shape index (κ2) is 4.46. The van der Waals surface area contributed by atoms with E-state index in [9.17, 15) is 9.36 Å². The predicted octanol–water partition coefficient (Wildman–Crippen LogP) is -0.815. The van der Waals surface area contributed by atoms with Gasteiger partial charge in [-0.15, -0.1) is 0 Å². The number of carboxylic acids is 1. The zero-order valence-corrected chi connectivity index (χ0v) is 6.85. The van der Waals surface area contributed by atoms with Crippen molar-refractivity contribution < 1.29 is 23.9 Å². The highest BCUT2D eigenvalue weighted by molar-refractivity contribution is 7.32. The molecular weight excluding hydrogens is 173 g/mol. The van der Waals surface area contributed by atoms with Crippen LogP contribution in [0.3, 0.4) is 0 Å². The Kier molecular flexibility index (Phi) is 4.29. The van der Waals surface area contributed by atoms with Gasteiger partial charge in [0.15, 0.2) is 0 Å². The number of hydrogen-bond donors (Lipinski definition) is 3. The van der Waals surface area contributed by atoms with Crippen molar-refractivity contribution in [2.75, 3.05) is 0 Å². The highest BCUT2D eigenvalue weighted by Crippen LogP contribution is 2.18. The molecule has 6 nitrogen and oxygen atoms in total. The molecule has 0 heterocycles. The fourth-order valence-electron chi connectivity index (χ4n) is 0.433. The van der Waals surface area contributed by atoms with E-state index in [-0.39, 0.29) is 0 Å². The molecule has 0 fully saturated rings. The molecule has 0 aromatic rings. The molecule has 0 radical (unpaired) electrons. The standard InChI is InChI=1S/C4H10NO5P/c1-2(10-11(8)9)3(5)4(6)7/h2-3,11H,5H2,1H3,(H,6,7)(H,8,9)/t2-,3+/m1/s1. The first-order valence-corrected chi connectivity index (χ1v) is 4.09. The van der Waals surface area contributed by atoms with Crippen molar-refractivity contribution in [2.45, 2.75) is 19.1 Å². The van der Waals surface area contributed by atoms with Crippen molar-refractivity contribution in [1.82, 2.24) is 0 Å². The lowest BCUT2D eigenvalue weighted by Gasteiger charge is -2.13. The van der Waals surface area contributed by atoms with Gasteiger partial charge < -0.3 is 20.3 Å². The van der Waals surface area contributed by atoms with E-state index >= 15 is 0 Å². The molecule has 0 aliphatic carbocycles. The predicted molar refractivity (Wildman–Crippen MR) is 37.4 cm³/mol. The SMILES string of the molecule is C[C@@H](O[PH](=O)O)[C@H](N)C(=O)O. The minimum absolute atomic E-state index is 0.955. The van der Waals surface area contributed by atoms with Gasteiger partial charge in [-0.05, 0) is 6.92 Å². The van der Waals surface area contributed by atoms with Crippen molar-refractivity contribution in [1.29, 1.82) is 0 Å². The molecule has 0 aliphatic rings. The number of rotatable bonds is 4. The molecule has 0 saturated carbocycles. The smallest absolute Gasteiger partial charge is 0.323 e. The lowest BCUT2D eigenvalue weighted by molar-refractivity contribution is -0.140. The summed E-state index contributed by atoms with van der Waals surface area (Å²) in [5.41, 5.74) is 5.05. The van der Waals surface area contributed by atoms with Crippen LogP contribution in [0.25, 0.3) is 0 Å². The van der Waals surface area contributed by atoms with Gasteiger partial charge in [-0.3, -0.25) is 9.36 Å². The summed E-state index contributed by atoms with van der Waals surface area (Å²) < 4.78 is 14.3. The third-order valence-corrected chi connectivity index (χ3v) is 1.65. The van der Waals surface area contributed by atoms with Crippen LogP contribution in [-0.2, 0) is 13.9 Å². The molecule has 7 heteroatoms. The highest BCUT2D eigenvalue weighted by atomic mass is 31.1. The quantitative estimate of drug-likeness (QED) is 0.491. The van der Waals surface area contributed by atoms with Crippen LogP contribution >= 0.6 is 8.25 Å². The fourth-order valence-corrected chi connectivity index (χ4v) is 0.898. The lowest BCUT2D eigenvalue weighted by atomic mass is 10.2. The van der Waals surface area contributed by atoms with Crippen molar-refractivity contribution in [2.24, 2.45) is 5.73 Å². The third kappa shape index (κ3) is 4.10. The number of nitrogens with two attached hydrogens (primary N) is 1. The van der Waals surface area contributed by atoms with E-state index in [2.05, 4.69) is 4.52 Å². The van der Waals surface area contributed by atoms with Gasteiger partial charge in [-0.25, -0.2) is 0 Å². The molecule has 0 aromatic carbocycles. The van der Waals surface area contributed by atoms with E-state index in [1.165, 1.54) is 6.92 Å². The topological polar surface area (TPSA) is 110 Å². The van der Waals surface area contributed by atoms with Gasteiger partial charge in [-0.1, -0.05) is 0 Å². The van der Waals surface area contributed by atoms with Crippen LogP contribution in [0.2, 0.25) is 0 Å². The van der Waals surface area contributed by atoms with E-state index in [1.54, 1.807) is 0 Å². The van der Waals surface area contributed by atoms with Gasteiger partial charge >= 0.3 is 14.2 Å². The monoisotopic (exact) mass is 183 g/mol.